The van der Waals surface area contributed by atoms with E-state index in [4.69, 9.17) is 15.9 Å². The number of amidine groups is 1. The number of nitrogen functional groups attached to an aromatic ring is 1. The molecule has 4 nitrogen and oxygen atoms in total. The number of hydrogen-bond donors (Lipinski definition) is 3. The molecule has 1 aliphatic heterocycles. The molecule has 0 aromatic heterocycles. The summed E-state index contributed by atoms with van der Waals surface area (Å²) in [6.07, 6.45) is 0. The van der Waals surface area contributed by atoms with Crippen molar-refractivity contribution in [1.29, 1.82) is 5.41 Å². The minimum absolute atomic E-state index is 0.113. The van der Waals surface area contributed by atoms with Crippen molar-refractivity contribution in [1.82, 2.24) is 5.32 Å². The van der Waals surface area contributed by atoms with Crippen LogP contribution >= 0.6 is 0 Å². The van der Waals surface area contributed by atoms with Gasteiger partial charge in [-0.05, 0) is 5.56 Å². The van der Waals surface area contributed by atoms with Gasteiger partial charge < -0.3 is 15.8 Å². The lowest BCUT2D eigenvalue weighted by molar-refractivity contribution is 0.141. The molecule has 1 unspecified atom stereocenters. The Morgan fingerprint density at radius 2 is 2.12 bits per heavy atom. The normalized spacial score (nSPS) is 21.4. The third-order valence-electron chi connectivity index (χ3n) is 2.83. The molecule has 4 heteroatoms. The standard InChI is InChI=1S/C12H17N3O/c13-12(14)10-3-1-9(2-4-10)11-7-15-5-6-16-8-11/h1-4,11,15H,5-8H2,(H3,13,14). The Morgan fingerprint density at radius 1 is 1.38 bits per heavy atom. The second kappa shape index (κ2) is 5.09. The molecule has 86 valence electrons. The summed E-state index contributed by atoms with van der Waals surface area (Å²) >= 11 is 0. The van der Waals surface area contributed by atoms with Crippen LogP contribution in [0, 0.1) is 5.41 Å². The van der Waals surface area contributed by atoms with Crippen molar-refractivity contribution in [2.75, 3.05) is 26.3 Å². The predicted molar refractivity (Wildman–Crippen MR) is 63.9 cm³/mol. The molecule has 0 aliphatic carbocycles. The third-order valence-corrected chi connectivity index (χ3v) is 2.83. The van der Waals surface area contributed by atoms with Gasteiger partial charge in [0.2, 0.25) is 0 Å². The molecule has 1 fully saturated rings. The van der Waals surface area contributed by atoms with Gasteiger partial charge >= 0.3 is 0 Å². The molecule has 0 saturated carbocycles. The van der Waals surface area contributed by atoms with Crippen LogP contribution in [0.5, 0.6) is 0 Å². The van der Waals surface area contributed by atoms with Crippen molar-refractivity contribution in [3.8, 4) is 0 Å². The highest BCUT2D eigenvalue weighted by molar-refractivity contribution is 5.94. The fraction of sp³-hybridized carbons (Fsp3) is 0.417. The molecule has 0 spiro atoms. The smallest absolute Gasteiger partial charge is 0.122 e. The maximum Gasteiger partial charge on any atom is 0.122 e. The van der Waals surface area contributed by atoms with Gasteiger partial charge in [-0.2, -0.15) is 0 Å². The Labute approximate surface area is 95.3 Å². The molecule has 1 aliphatic rings. The van der Waals surface area contributed by atoms with E-state index < -0.39 is 0 Å². The van der Waals surface area contributed by atoms with Crippen LogP contribution < -0.4 is 11.1 Å². The molecule has 1 aromatic rings. The molecule has 16 heavy (non-hydrogen) atoms. The van der Waals surface area contributed by atoms with Gasteiger partial charge in [-0.25, -0.2) is 0 Å². The molecule has 0 radical (unpaired) electrons. The van der Waals surface area contributed by atoms with E-state index in [1.54, 1.807) is 0 Å². The van der Waals surface area contributed by atoms with Gasteiger partial charge in [0.25, 0.3) is 0 Å². The van der Waals surface area contributed by atoms with Gasteiger partial charge in [-0.1, -0.05) is 24.3 Å². The van der Waals surface area contributed by atoms with E-state index in [-0.39, 0.29) is 5.84 Å². The lowest BCUT2D eigenvalue weighted by Crippen LogP contribution is -2.21. The molecule has 4 N–H and O–H groups in total. The topological polar surface area (TPSA) is 71.1 Å². The van der Waals surface area contributed by atoms with Gasteiger partial charge in [0.15, 0.2) is 0 Å². The van der Waals surface area contributed by atoms with Crippen molar-refractivity contribution in [2.24, 2.45) is 5.73 Å². The summed E-state index contributed by atoms with van der Waals surface area (Å²) in [5, 5.41) is 10.7. The van der Waals surface area contributed by atoms with E-state index in [2.05, 4.69) is 5.32 Å². The zero-order valence-corrected chi connectivity index (χ0v) is 9.20. The summed E-state index contributed by atoms with van der Waals surface area (Å²) in [5.74, 6) is 0.505. The fourth-order valence-electron chi connectivity index (χ4n) is 1.85. The van der Waals surface area contributed by atoms with E-state index in [1.165, 1.54) is 5.56 Å². The van der Waals surface area contributed by atoms with Crippen molar-refractivity contribution in [3.05, 3.63) is 35.4 Å². The molecule has 2 rings (SSSR count). The first-order valence-electron chi connectivity index (χ1n) is 5.50. The first kappa shape index (κ1) is 11.1. The summed E-state index contributed by atoms with van der Waals surface area (Å²) in [6.45, 7) is 3.40. The number of hydrogen-bond acceptors (Lipinski definition) is 3. The average molecular weight is 219 g/mol. The molecule has 1 aromatic carbocycles. The number of benzene rings is 1. The van der Waals surface area contributed by atoms with Gasteiger partial charge in [0.1, 0.15) is 5.84 Å². The van der Waals surface area contributed by atoms with Gasteiger partial charge in [0, 0.05) is 24.6 Å². The summed E-state index contributed by atoms with van der Waals surface area (Å²) in [6, 6.07) is 7.83. The highest BCUT2D eigenvalue weighted by Gasteiger charge is 2.14. The Kier molecular flexibility index (Phi) is 3.54. The Hall–Kier alpha value is -1.39. The van der Waals surface area contributed by atoms with Crippen LogP contribution in [-0.2, 0) is 4.74 Å². The monoisotopic (exact) mass is 219 g/mol. The lowest BCUT2D eigenvalue weighted by Gasteiger charge is -2.14. The van der Waals surface area contributed by atoms with Crippen molar-refractivity contribution >= 4 is 5.84 Å². The first-order chi connectivity index (χ1) is 7.77. The second-order valence-corrected chi connectivity index (χ2v) is 4.01. The summed E-state index contributed by atoms with van der Waals surface area (Å²) in [7, 11) is 0. The van der Waals surface area contributed by atoms with E-state index in [1.807, 2.05) is 24.3 Å². The zero-order valence-electron chi connectivity index (χ0n) is 9.20. The highest BCUT2D eigenvalue weighted by Crippen LogP contribution is 2.17. The largest absolute Gasteiger partial charge is 0.384 e. The van der Waals surface area contributed by atoms with Crippen LogP contribution in [0.1, 0.15) is 17.0 Å². The predicted octanol–water partition coefficient (Wildman–Crippen LogP) is 0.674. The Bertz CT molecular complexity index is 353. The van der Waals surface area contributed by atoms with E-state index >= 15 is 0 Å². The quantitative estimate of drug-likeness (QED) is 0.506. The van der Waals surface area contributed by atoms with Crippen LogP contribution in [0.25, 0.3) is 0 Å². The van der Waals surface area contributed by atoms with Crippen LogP contribution in [-0.4, -0.2) is 32.1 Å². The maximum absolute atomic E-state index is 7.33. The minimum atomic E-state index is 0.113. The molecule has 1 atom stereocenters. The summed E-state index contributed by atoms with van der Waals surface area (Å²) < 4.78 is 5.51. The molecule has 1 saturated heterocycles. The Balaban J connectivity index is 2.10. The zero-order chi connectivity index (χ0) is 11.4. The van der Waals surface area contributed by atoms with Crippen LogP contribution in [0.3, 0.4) is 0 Å². The Morgan fingerprint density at radius 3 is 2.81 bits per heavy atom. The van der Waals surface area contributed by atoms with Gasteiger partial charge in [-0.3, -0.25) is 5.41 Å². The lowest BCUT2D eigenvalue weighted by atomic mass is 9.98. The molecular weight excluding hydrogens is 202 g/mol. The van der Waals surface area contributed by atoms with Crippen molar-refractivity contribution < 1.29 is 4.74 Å². The average Bonchev–Trinajstić information content (AvgIpc) is 2.57. The van der Waals surface area contributed by atoms with Gasteiger partial charge in [0.05, 0.1) is 13.2 Å². The number of ether oxygens (including phenoxy) is 1. The number of rotatable bonds is 2. The fourth-order valence-corrected chi connectivity index (χ4v) is 1.85. The SMILES string of the molecule is N=C(N)c1ccc(C2CNCCOC2)cc1. The van der Waals surface area contributed by atoms with Crippen molar-refractivity contribution in [2.45, 2.75) is 5.92 Å². The number of nitrogens with one attached hydrogen (secondary N) is 2. The molecule has 1 heterocycles. The van der Waals surface area contributed by atoms with E-state index in [0.717, 1.165) is 31.9 Å². The minimum Gasteiger partial charge on any atom is -0.384 e. The van der Waals surface area contributed by atoms with E-state index in [0.29, 0.717) is 5.92 Å². The third kappa shape index (κ3) is 2.59. The van der Waals surface area contributed by atoms with Crippen LogP contribution in [0.2, 0.25) is 0 Å². The maximum atomic E-state index is 7.33. The second-order valence-electron chi connectivity index (χ2n) is 4.01. The van der Waals surface area contributed by atoms with E-state index in [9.17, 15) is 0 Å². The highest BCUT2D eigenvalue weighted by atomic mass is 16.5. The van der Waals surface area contributed by atoms with Crippen LogP contribution in [0.4, 0.5) is 0 Å². The molecule has 0 bridgehead atoms. The molecular formula is C12H17N3O. The van der Waals surface area contributed by atoms with Crippen LogP contribution in [0.15, 0.2) is 24.3 Å². The summed E-state index contributed by atoms with van der Waals surface area (Å²) in [4.78, 5) is 0. The molecule has 0 amide bonds. The number of nitrogens with two attached hydrogens (primary N) is 1. The van der Waals surface area contributed by atoms with Crippen molar-refractivity contribution in [3.63, 3.8) is 0 Å². The van der Waals surface area contributed by atoms with Gasteiger partial charge in [-0.15, -0.1) is 0 Å². The summed E-state index contributed by atoms with van der Waals surface area (Å²) in [5.41, 5.74) is 7.42. The first-order valence-corrected chi connectivity index (χ1v) is 5.50.